The van der Waals surface area contributed by atoms with Crippen LogP contribution >= 0.6 is 0 Å². The van der Waals surface area contributed by atoms with Crippen molar-refractivity contribution in [3.05, 3.63) is 108 Å². The molecule has 0 aliphatic carbocycles. The standard InChI is InChI=1S/C23H28O10.C9H16O10.C9H10O3.C5H10O6.C2H2/c24-22(29-18-23(25)28-15-20-7-3-1-4-8-20)17-27-19-26-11-12-30-31-13-14-32-33-16-21-9-5-2-6-10-21;10-8(11)5-16-9(12)6-15-7-14-1-3-18-19-4-2-17-13;10-6-9(11)12-7-8-4-2-1-3-5-8;6-5(7)3-10-4-9-1-2-11-8;1-2/h1-10H,11-19H2;13H,1-7H2,(H,10,11);1-5,10H,6-7H2;8H,1-4H2,(H,6,7);1-2H/p+1/i;;;;1D. The van der Waals surface area contributed by atoms with Crippen molar-refractivity contribution in [3.8, 4) is 12.8 Å². The fourth-order valence-electron chi connectivity index (χ4n) is 4.07. The van der Waals surface area contributed by atoms with E-state index in [0.29, 0.717) is 6.61 Å². The third kappa shape index (κ3) is 55.4. The Bertz CT molecular complexity index is 1930. The second-order valence-electron chi connectivity index (χ2n) is 13.2. The van der Waals surface area contributed by atoms with E-state index in [1.807, 2.05) is 91.0 Å². The summed E-state index contributed by atoms with van der Waals surface area (Å²) >= 11 is 0. The highest BCUT2D eigenvalue weighted by molar-refractivity contribution is 5.77. The molecule has 0 unspecified atom stereocenters. The van der Waals surface area contributed by atoms with Crippen LogP contribution in [-0.2, 0) is 135 Å². The first-order valence-corrected chi connectivity index (χ1v) is 22.3. The van der Waals surface area contributed by atoms with Crippen molar-refractivity contribution in [2.75, 3.05) is 126 Å². The van der Waals surface area contributed by atoms with Crippen molar-refractivity contribution in [2.45, 2.75) is 19.8 Å². The maximum atomic E-state index is 11.5. The van der Waals surface area contributed by atoms with E-state index in [9.17, 15) is 28.8 Å². The monoisotopic (exact) mass is 1110 g/mol. The molecule has 0 atom stereocenters. The maximum Gasteiger partial charge on any atom is 0.542 e. The summed E-state index contributed by atoms with van der Waals surface area (Å²) in [5.74, 6) is -4.79. The zero-order valence-corrected chi connectivity index (χ0v) is 41.9. The molecule has 3 rings (SSSR count). The van der Waals surface area contributed by atoms with Gasteiger partial charge in [-0.2, -0.15) is 0 Å². The molecule has 29 heteroatoms. The molecule has 0 heterocycles. The van der Waals surface area contributed by atoms with Gasteiger partial charge in [0.1, 0.15) is 108 Å². The highest BCUT2D eigenvalue weighted by Crippen LogP contribution is 2.03. The van der Waals surface area contributed by atoms with Crippen molar-refractivity contribution in [1.82, 2.24) is 0 Å². The molecule has 0 fully saturated rings. The lowest BCUT2D eigenvalue weighted by Gasteiger charge is -2.08. The molecular formula is C48H67O29+. The average Bonchev–Trinajstić information content (AvgIpc) is 3.44. The number of rotatable bonds is 41. The van der Waals surface area contributed by atoms with Gasteiger partial charge >= 0.3 is 35.8 Å². The smallest absolute Gasteiger partial charge is 0.542 e. The number of aliphatic hydroxyl groups is 1. The Labute approximate surface area is 444 Å². The molecule has 6 N–H and O–H groups in total. The molecule has 0 bridgehead atoms. The SMILES string of the molecule is O=C(CO)OCc1ccccc1.O=C(COCOCCOOCCOOCc1ccccc1)OCC(=O)OCc1ccccc1.O=C(O)COC(=O)COCOCCOOCCOO.O=C([OH2+])COCOCCOO.[2H]C#C. The van der Waals surface area contributed by atoms with Crippen LogP contribution in [0.4, 0.5) is 0 Å². The molecule has 432 valence electrons. The molecule has 0 radical (unpaired) electrons. The second-order valence-corrected chi connectivity index (χ2v) is 13.2. The molecule has 0 saturated carbocycles. The highest BCUT2D eigenvalue weighted by Gasteiger charge is 2.10. The van der Waals surface area contributed by atoms with Crippen molar-refractivity contribution in [2.24, 2.45) is 0 Å². The number of carboxylic acid groups (broad SMARTS) is 1. The van der Waals surface area contributed by atoms with Gasteiger partial charge in [0.25, 0.3) is 0 Å². The number of carboxylic acids is 1. The lowest BCUT2D eigenvalue weighted by molar-refractivity contribution is -0.347. The number of aliphatic hydroxyl groups excluding tert-OH is 1. The maximum absolute atomic E-state index is 11.5. The summed E-state index contributed by atoms with van der Waals surface area (Å²) in [7, 11) is 0. The molecule has 77 heavy (non-hydrogen) atoms. The molecule has 0 aliphatic heterocycles. The van der Waals surface area contributed by atoms with Crippen LogP contribution in [0.3, 0.4) is 0 Å². The van der Waals surface area contributed by atoms with Crippen molar-refractivity contribution in [3.63, 3.8) is 0 Å². The predicted molar refractivity (Wildman–Crippen MR) is 256 cm³/mol. The minimum Gasteiger partial charge on any atom is -0.563 e. The Morgan fingerprint density at radius 2 is 0.766 bits per heavy atom. The zero-order chi connectivity index (χ0) is 57.8. The summed E-state index contributed by atoms with van der Waals surface area (Å²) in [4.78, 5) is 101. The minimum absolute atomic E-state index is 0.0115. The summed E-state index contributed by atoms with van der Waals surface area (Å²) in [5, 5.41) is 38.7. The van der Waals surface area contributed by atoms with Gasteiger partial charge in [0.15, 0.2) is 13.2 Å². The van der Waals surface area contributed by atoms with Gasteiger partial charge in [-0.3, -0.25) is 10.5 Å². The van der Waals surface area contributed by atoms with Crippen molar-refractivity contribution < 1.29 is 142 Å². The molecule has 0 amide bonds. The predicted octanol–water partition coefficient (Wildman–Crippen LogP) is 1.09. The second kappa shape index (κ2) is 57.1. The molecule has 29 nitrogen and oxygen atoms in total. The van der Waals surface area contributed by atoms with Crippen LogP contribution in [0.15, 0.2) is 91.0 Å². The van der Waals surface area contributed by atoms with E-state index in [2.05, 4.69) is 44.9 Å². The van der Waals surface area contributed by atoms with Gasteiger partial charge in [0, 0.05) is 4.79 Å². The quantitative estimate of drug-likeness (QED) is 0.00903. The van der Waals surface area contributed by atoms with Gasteiger partial charge < -0.3 is 62.7 Å². The average molecular weight is 1110 g/mol. The fraction of sp³-hybridized carbons (Fsp3) is 0.458. The molecule has 3 aromatic rings. The molecule has 0 spiro atoms. The van der Waals surface area contributed by atoms with Crippen LogP contribution < -0.4 is 0 Å². The Morgan fingerprint density at radius 3 is 1.18 bits per heavy atom. The van der Waals surface area contributed by atoms with E-state index in [1.165, 1.54) is 6.40 Å². The number of carbonyl (C=O) groups excluding carboxylic acids is 5. The normalized spacial score (nSPS) is 10.1. The Hall–Kier alpha value is -6.64. The van der Waals surface area contributed by atoms with Crippen LogP contribution in [0, 0.1) is 12.8 Å². The Morgan fingerprint density at radius 1 is 0.429 bits per heavy atom. The van der Waals surface area contributed by atoms with Crippen molar-refractivity contribution >= 4 is 35.8 Å². The molecule has 0 saturated heterocycles. The summed E-state index contributed by atoms with van der Waals surface area (Å²) in [6, 6.07) is 28.1. The van der Waals surface area contributed by atoms with Gasteiger partial charge in [-0.05, 0) is 16.7 Å². The highest BCUT2D eigenvalue weighted by atomic mass is 17.2. The minimum atomic E-state index is -1.24. The number of hydrogen-bond acceptors (Lipinski definition) is 27. The van der Waals surface area contributed by atoms with Crippen LogP contribution in [0.1, 0.15) is 18.1 Å². The van der Waals surface area contributed by atoms with Gasteiger partial charge in [-0.1, -0.05) is 91.0 Å². The number of hydrogen-bond donors (Lipinski definition) is 4. The Kier molecular flexibility index (Phi) is 52.2. The summed E-state index contributed by atoms with van der Waals surface area (Å²) in [6.07, 6.45) is 5.76. The first-order chi connectivity index (χ1) is 37.9. The zero-order valence-electron chi connectivity index (χ0n) is 42.9. The van der Waals surface area contributed by atoms with E-state index >= 15 is 0 Å². The lowest BCUT2D eigenvalue weighted by atomic mass is 10.2. The van der Waals surface area contributed by atoms with Crippen molar-refractivity contribution in [1.29, 1.82) is 0 Å². The first-order valence-electron chi connectivity index (χ1n) is 22.8. The molecule has 0 aromatic heterocycles. The number of aliphatic carboxylic acids is 1. The van der Waals surface area contributed by atoms with E-state index in [1.54, 1.807) is 0 Å². The van der Waals surface area contributed by atoms with Crippen LogP contribution in [-0.4, -0.2) is 188 Å². The number of carbonyl (C=O) groups is 6. The molecular weight excluding hydrogens is 1040 g/mol. The third-order valence-corrected chi connectivity index (χ3v) is 7.26. The van der Waals surface area contributed by atoms with Gasteiger partial charge in [0.2, 0.25) is 6.61 Å². The van der Waals surface area contributed by atoms with E-state index in [4.69, 9.17) is 75.2 Å². The van der Waals surface area contributed by atoms with E-state index < -0.39 is 62.2 Å². The van der Waals surface area contributed by atoms with E-state index in [0.717, 1.165) is 16.7 Å². The van der Waals surface area contributed by atoms with Crippen LogP contribution in [0.2, 0.25) is 0 Å². The third-order valence-electron chi connectivity index (χ3n) is 7.26. The lowest BCUT2D eigenvalue weighted by Crippen LogP contribution is -2.20. The van der Waals surface area contributed by atoms with Crippen LogP contribution in [0.5, 0.6) is 0 Å². The van der Waals surface area contributed by atoms with Gasteiger partial charge in [-0.15, -0.1) is 12.8 Å². The molecule has 3 aromatic carbocycles. The van der Waals surface area contributed by atoms with E-state index in [-0.39, 0.29) is 113 Å². The summed E-state index contributed by atoms with van der Waals surface area (Å²) < 4.78 is 53.4. The number of benzene rings is 3. The number of esters is 4. The summed E-state index contributed by atoms with van der Waals surface area (Å²) in [5.41, 5.74) is 2.76. The largest absolute Gasteiger partial charge is 0.563 e. The first kappa shape index (κ1) is 70.4. The van der Waals surface area contributed by atoms with Crippen LogP contribution in [0.25, 0.3) is 0 Å². The summed E-state index contributed by atoms with van der Waals surface area (Å²) in [6.45, 7) is -1.19. The number of terminal acetylenes is 1. The number of ether oxygens (including phenoxy) is 10. The topological polar surface area (TPSA) is 372 Å². The Balaban J connectivity index is 0. The van der Waals surface area contributed by atoms with Gasteiger partial charge in [-0.25, -0.2) is 63.1 Å². The van der Waals surface area contributed by atoms with Gasteiger partial charge in [0.05, 0.1) is 19.8 Å². The molecule has 0 aliphatic rings. The fourth-order valence-corrected chi connectivity index (χ4v) is 4.07.